The molecule has 1 aromatic carbocycles. The number of Topliss-reactive ketones (excluding diaryl/α,β-unsaturated/α-hetero) is 1. The molecule has 0 fully saturated rings. The molecular formula is C15H19NO5S. The summed E-state index contributed by atoms with van der Waals surface area (Å²) in [5.74, 6) is 0.147. The van der Waals surface area contributed by atoms with Crippen LogP contribution < -0.4 is 10.1 Å². The average Bonchev–Trinajstić information content (AvgIpc) is 2.52. The molecule has 1 aromatic rings. The lowest BCUT2D eigenvalue weighted by atomic mass is 10.1. The molecule has 0 saturated carbocycles. The quantitative estimate of drug-likeness (QED) is 0.445. The number of rotatable bonds is 8. The van der Waals surface area contributed by atoms with Crippen LogP contribution in [0.2, 0.25) is 0 Å². The topological polar surface area (TPSA) is 81.7 Å². The van der Waals surface area contributed by atoms with Crippen LogP contribution in [0.3, 0.4) is 0 Å². The summed E-state index contributed by atoms with van der Waals surface area (Å²) in [6.07, 6.45) is 0.142. The molecule has 0 radical (unpaired) electrons. The average molecular weight is 325 g/mol. The van der Waals surface area contributed by atoms with Gasteiger partial charge in [0.1, 0.15) is 5.75 Å². The van der Waals surface area contributed by atoms with Gasteiger partial charge in [-0.25, -0.2) is 0 Å². The van der Waals surface area contributed by atoms with Crippen LogP contribution in [0.25, 0.3) is 0 Å². The van der Waals surface area contributed by atoms with Crippen molar-refractivity contribution >= 4 is 29.4 Å². The third-order valence-electron chi connectivity index (χ3n) is 2.81. The molecule has 0 spiro atoms. The number of ketones is 1. The lowest BCUT2D eigenvalue weighted by molar-refractivity contribution is -0.140. The fraction of sp³-hybridized carbons (Fsp3) is 0.400. The summed E-state index contributed by atoms with van der Waals surface area (Å²) in [6, 6.07) is 5.10. The number of carbonyl (C=O) groups is 3. The predicted octanol–water partition coefficient (Wildman–Crippen LogP) is 1.67. The van der Waals surface area contributed by atoms with E-state index >= 15 is 0 Å². The van der Waals surface area contributed by atoms with E-state index in [4.69, 9.17) is 4.74 Å². The Morgan fingerprint density at radius 2 is 1.95 bits per heavy atom. The van der Waals surface area contributed by atoms with Crippen molar-refractivity contribution in [2.24, 2.45) is 0 Å². The lowest BCUT2D eigenvalue weighted by Crippen LogP contribution is -2.27. The second-order valence-electron chi connectivity index (χ2n) is 4.39. The van der Waals surface area contributed by atoms with Gasteiger partial charge < -0.3 is 14.8 Å². The number of ether oxygens (including phenoxy) is 2. The maximum absolute atomic E-state index is 11.7. The molecular weight excluding hydrogens is 306 g/mol. The van der Waals surface area contributed by atoms with E-state index in [0.717, 1.165) is 4.90 Å². The highest BCUT2D eigenvalue weighted by atomic mass is 32.2. The van der Waals surface area contributed by atoms with Crippen molar-refractivity contribution in [2.75, 3.05) is 26.5 Å². The summed E-state index contributed by atoms with van der Waals surface area (Å²) >= 11 is 1.30. The highest BCUT2D eigenvalue weighted by Gasteiger charge is 2.10. The Bertz CT molecular complexity index is 559. The van der Waals surface area contributed by atoms with E-state index in [1.807, 2.05) is 0 Å². The zero-order valence-electron chi connectivity index (χ0n) is 12.8. The van der Waals surface area contributed by atoms with Gasteiger partial charge in [0.15, 0.2) is 5.78 Å². The van der Waals surface area contributed by atoms with Crippen LogP contribution >= 0.6 is 11.8 Å². The van der Waals surface area contributed by atoms with Crippen LogP contribution in [0.4, 0.5) is 0 Å². The van der Waals surface area contributed by atoms with Gasteiger partial charge in [-0.1, -0.05) is 6.07 Å². The minimum Gasteiger partial charge on any atom is -0.496 e. The van der Waals surface area contributed by atoms with E-state index in [2.05, 4.69) is 10.1 Å². The highest BCUT2D eigenvalue weighted by Crippen LogP contribution is 2.30. The first-order valence-electron chi connectivity index (χ1n) is 6.63. The molecule has 0 aliphatic carbocycles. The van der Waals surface area contributed by atoms with Gasteiger partial charge in [0.25, 0.3) is 0 Å². The second kappa shape index (κ2) is 9.09. The smallest absolute Gasteiger partial charge is 0.307 e. The van der Waals surface area contributed by atoms with Gasteiger partial charge >= 0.3 is 5.97 Å². The SMILES string of the molecule is COC(=O)CCNC(=O)CSc1ccc(C(C)=O)cc1OC. The summed E-state index contributed by atoms with van der Waals surface area (Å²) in [5, 5.41) is 2.63. The molecule has 6 nitrogen and oxygen atoms in total. The van der Waals surface area contributed by atoms with Crippen molar-refractivity contribution in [2.45, 2.75) is 18.2 Å². The Hall–Kier alpha value is -2.02. The van der Waals surface area contributed by atoms with Crippen molar-refractivity contribution in [1.29, 1.82) is 0 Å². The Balaban J connectivity index is 2.51. The number of hydrogen-bond acceptors (Lipinski definition) is 6. The minimum atomic E-state index is -0.366. The third kappa shape index (κ3) is 5.77. The molecule has 1 rings (SSSR count). The molecule has 0 saturated heterocycles. The van der Waals surface area contributed by atoms with Crippen molar-refractivity contribution in [3.63, 3.8) is 0 Å². The fourth-order valence-electron chi connectivity index (χ4n) is 1.61. The molecule has 0 aliphatic heterocycles. The van der Waals surface area contributed by atoms with Gasteiger partial charge in [-0.2, -0.15) is 0 Å². The number of methoxy groups -OCH3 is 2. The molecule has 7 heteroatoms. The zero-order chi connectivity index (χ0) is 16.5. The molecule has 0 heterocycles. The van der Waals surface area contributed by atoms with Gasteiger partial charge in [-0.3, -0.25) is 14.4 Å². The molecule has 0 aromatic heterocycles. The highest BCUT2D eigenvalue weighted by molar-refractivity contribution is 8.00. The summed E-state index contributed by atoms with van der Waals surface area (Å²) in [4.78, 5) is 34.7. The van der Waals surface area contributed by atoms with Crippen LogP contribution in [-0.4, -0.2) is 44.2 Å². The van der Waals surface area contributed by atoms with E-state index in [0.29, 0.717) is 11.3 Å². The maximum atomic E-state index is 11.7. The Morgan fingerprint density at radius 3 is 2.55 bits per heavy atom. The summed E-state index contributed by atoms with van der Waals surface area (Å²) in [5.41, 5.74) is 0.559. The number of nitrogens with one attached hydrogen (secondary N) is 1. The monoisotopic (exact) mass is 325 g/mol. The normalized spacial score (nSPS) is 9.95. The largest absolute Gasteiger partial charge is 0.496 e. The lowest BCUT2D eigenvalue weighted by Gasteiger charge is -2.09. The van der Waals surface area contributed by atoms with Crippen LogP contribution in [0.1, 0.15) is 23.7 Å². The zero-order valence-corrected chi connectivity index (χ0v) is 13.6. The summed E-state index contributed by atoms with van der Waals surface area (Å²) in [6.45, 7) is 1.73. The van der Waals surface area contributed by atoms with E-state index in [1.54, 1.807) is 18.2 Å². The number of hydrogen-bond donors (Lipinski definition) is 1. The number of benzene rings is 1. The van der Waals surface area contributed by atoms with Crippen molar-refractivity contribution in [1.82, 2.24) is 5.32 Å². The maximum Gasteiger partial charge on any atom is 0.307 e. The van der Waals surface area contributed by atoms with Gasteiger partial charge in [0.2, 0.25) is 5.91 Å². The van der Waals surface area contributed by atoms with Crippen molar-refractivity contribution < 1.29 is 23.9 Å². The first-order chi connectivity index (χ1) is 10.5. The Labute approximate surface area is 133 Å². The van der Waals surface area contributed by atoms with Gasteiger partial charge in [-0.05, 0) is 19.1 Å². The van der Waals surface area contributed by atoms with E-state index in [-0.39, 0.29) is 36.4 Å². The molecule has 1 N–H and O–H groups in total. The third-order valence-corrected chi connectivity index (χ3v) is 3.86. The van der Waals surface area contributed by atoms with E-state index in [9.17, 15) is 14.4 Å². The van der Waals surface area contributed by atoms with Gasteiger partial charge in [-0.15, -0.1) is 11.8 Å². The van der Waals surface area contributed by atoms with Crippen molar-refractivity contribution in [3.8, 4) is 5.75 Å². The van der Waals surface area contributed by atoms with Gasteiger partial charge in [0.05, 0.1) is 26.4 Å². The van der Waals surface area contributed by atoms with Crippen LogP contribution in [0.5, 0.6) is 5.75 Å². The first kappa shape index (κ1) is 18.0. The molecule has 0 unspecified atom stereocenters. The number of carbonyl (C=O) groups excluding carboxylic acids is 3. The minimum absolute atomic E-state index is 0.0459. The number of thioether (sulfide) groups is 1. The Morgan fingerprint density at radius 1 is 1.23 bits per heavy atom. The fourth-order valence-corrected chi connectivity index (χ4v) is 2.44. The standard InChI is InChI=1S/C15H19NO5S/c1-10(17)11-4-5-13(12(8-11)20-2)22-9-14(18)16-7-6-15(19)21-3/h4-5,8H,6-7,9H2,1-3H3,(H,16,18). The Kier molecular flexibility index (Phi) is 7.45. The van der Waals surface area contributed by atoms with Crippen molar-refractivity contribution in [3.05, 3.63) is 23.8 Å². The molecule has 22 heavy (non-hydrogen) atoms. The summed E-state index contributed by atoms with van der Waals surface area (Å²) < 4.78 is 9.71. The predicted molar refractivity (Wildman–Crippen MR) is 83.4 cm³/mol. The molecule has 120 valence electrons. The second-order valence-corrected chi connectivity index (χ2v) is 5.40. The first-order valence-corrected chi connectivity index (χ1v) is 7.61. The summed E-state index contributed by atoms with van der Waals surface area (Å²) in [7, 11) is 2.82. The molecule has 0 bridgehead atoms. The van der Waals surface area contributed by atoms with Crippen LogP contribution in [0, 0.1) is 0 Å². The van der Waals surface area contributed by atoms with Crippen LogP contribution in [-0.2, 0) is 14.3 Å². The molecule has 0 aliphatic rings. The van der Waals surface area contributed by atoms with Gasteiger partial charge in [0, 0.05) is 17.0 Å². The molecule has 1 amide bonds. The number of amides is 1. The van der Waals surface area contributed by atoms with Crippen LogP contribution in [0.15, 0.2) is 23.1 Å². The van der Waals surface area contributed by atoms with E-state index < -0.39 is 0 Å². The van der Waals surface area contributed by atoms with E-state index in [1.165, 1.54) is 32.9 Å². The number of esters is 1. The molecule has 0 atom stereocenters.